The summed E-state index contributed by atoms with van der Waals surface area (Å²) in [5.74, 6) is -0.960. The molecule has 0 aromatic carbocycles. The van der Waals surface area contributed by atoms with Crippen molar-refractivity contribution in [2.45, 2.75) is 51.5 Å². The number of carbonyl (C=O) groups is 2. The van der Waals surface area contributed by atoms with Gasteiger partial charge in [0.05, 0.1) is 0 Å². The van der Waals surface area contributed by atoms with E-state index in [4.69, 9.17) is 9.84 Å². The molecular weight excluding hydrogens is 260 g/mol. The zero-order chi connectivity index (χ0) is 14.8. The van der Waals surface area contributed by atoms with Crippen molar-refractivity contribution in [2.24, 2.45) is 0 Å². The van der Waals surface area contributed by atoms with Crippen LogP contribution < -0.4 is 5.32 Å². The van der Waals surface area contributed by atoms with Crippen LogP contribution in [0.5, 0.6) is 0 Å². The lowest BCUT2D eigenvalue weighted by Crippen LogP contribution is -2.47. The number of nitrogens with one attached hydrogen (secondary N) is 1. The van der Waals surface area contributed by atoms with Crippen molar-refractivity contribution in [3.8, 4) is 0 Å². The number of carboxylic acid groups (broad SMARTS) is 1. The van der Waals surface area contributed by atoms with Gasteiger partial charge in [-0.15, -0.1) is 0 Å². The highest BCUT2D eigenvalue weighted by Gasteiger charge is 2.27. The molecule has 0 spiro atoms. The summed E-state index contributed by atoms with van der Waals surface area (Å²) in [5.41, 5.74) is 0. The van der Waals surface area contributed by atoms with E-state index in [-0.39, 0.29) is 18.6 Å². The molecule has 2 amide bonds. The minimum absolute atomic E-state index is 0.0717. The summed E-state index contributed by atoms with van der Waals surface area (Å²) in [7, 11) is 0. The molecule has 1 aliphatic carbocycles. The average molecular weight is 286 g/mol. The molecule has 1 aliphatic rings. The third-order valence-electron chi connectivity index (χ3n) is 3.42. The number of rotatable bonds is 9. The van der Waals surface area contributed by atoms with Crippen molar-refractivity contribution in [1.82, 2.24) is 10.2 Å². The Labute approximate surface area is 120 Å². The SMILES string of the molecule is CCCOCCCNC(=O)N(CC(=O)O)C1CCCC1. The van der Waals surface area contributed by atoms with Crippen LogP contribution in [-0.4, -0.2) is 54.4 Å². The van der Waals surface area contributed by atoms with Crippen LogP contribution in [0.25, 0.3) is 0 Å². The highest BCUT2D eigenvalue weighted by molar-refractivity contribution is 5.80. The molecule has 0 heterocycles. The lowest BCUT2D eigenvalue weighted by Gasteiger charge is -2.27. The summed E-state index contributed by atoms with van der Waals surface area (Å²) in [5, 5.41) is 11.7. The monoisotopic (exact) mass is 286 g/mol. The van der Waals surface area contributed by atoms with Crippen molar-refractivity contribution in [3.63, 3.8) is 0 Å². The normalized spacial score (nSPS) is 15.2. The Bertz CT molecular complexity index is 304. The summed E-state index contributed by atoms with van der Waals surface area (Å²) in [6.07, 6.45) is 5.68. The predicted molar refractivity (Wildman–Crippen MR) is 75.7 cm³/mol. The van der Waals surface area contributed by atoms with Crippen molar-refractivity contribution in [1.29, 1.82) is 0 Å². The number of nitrogens with zero attached hydrogens (tertiary/aromatic N) is 1. The van der Waals surface area contributed by atoms with E-state index in [2.05, 4.69) is 5.32 Å². The number of ether oxygens (including phenoxy) is 1. The van der Waals surface area contributed by atoms with Gasteiger partial charge in [-0.25, -0.2) is 4.79 Å². The number of hydrogen-bond acceptors (Lipinski definition) is 3. The van der Waals surface area contributed by atoms with Gasteiger partial charge < -0.3 is 20.1 Å². The number of aliphatic carboxylic acids is 1. The number of urea groups is 1. The van der Waals surface area contributed by atoms with Gasteiger partial charge in [0.25, 0.3) is 0 Å². The summed E-state index contributed by atoms with van der Waals surface area (Å²) in [6.45, 7) is 3.71. The summed E-state index contributed by atoms with van der Waals surface area (Å²) in [4.78, 5) is 24.4. The second-order valence-corrected chi connectivity index (χ2v) is 5.16. The lowest BCUT2D eigenvalue weighted by molar-refractivity contribution is -0.138. The van der Waals surface area contributed by atoms with Gasteiger partial charge >= 0.3 is 12.0 Å². The molecule has 0 atom stereocenters. The van der Waals surface area contributed by atoms with E-state index in [0.29, 0.717) is 13.2 Å². The highest BCUT2D eigenvalue weighted by atomic mass is 16.5. The van der Waals surface area contributed by atoms with E-state index < -0.39 is 5.97 Å². The van der Waals surface area contributed by atoms with E-state index in [1.165, 1.54) is 4.90 Å². The number of carbonyl (C=O) groups excluding carboxylic acids is 1. The van der Waals surface area contributed by atoms with Crippen molar-refractivity contribution < 1.29 is 19.4 Å². The quantitative estimate of drug-likeness (QED) is 0.634. The first kappa shape index (κ1) is 16.8. The van der Waals surface area contributed by atoms with Gasteiger partial charge in [-0.3, -0.25) is 4.79 Å². The molecule has 6 nitrogen and oxygen atoms in total. The molecule has 0 saturated heterocycles. The average Bonchev–Trinajstić information content (AvgIpc) is 2.93. The maximum Gasteiger partial charge on any atom is 0.323 e. The first-order valence-corrected chi connectivity index (χ1v) is 7.49. The van der Waals surface area contributed by atoms with Gasteiger partial charge in [-0.2, -0.15) is 0 Å². The van der Waals surface area contributed by atoms with Crippen molar-refractivity contribution in [2.75, 3.05) is 26.3 Å². The van der Waals surface area contributed by atoms with Gasteiger partial charge in [0.2, 0.25) is 0 Å². The summed E-state index contributed by atoms with van der Waals surface area (Å²) >= 11 is 0. The number of amides is 2. The summed E-state index contributed by atoms with van der Waals surface area (Å²) < 4.78 is 5.33. The molecule has 0 aliphatic heterocycles. The van der Waals surface area contributed by atoms with Crippen LogP contribution in [0.4, 0.5) is 4.79 Å². The second kappa shape index (κ2) is 9.58. The van der Waals surface area contributed by atoms with Gasteiger partial charge in [-0.05, 0) is 25.7 Å². The van der Waals surface area contributed by atoms with Crippen LogP contribution in [0.3, 0.4) is 0 Å². The van der Waals surface area contributed by atoms with E-state index in [1.54, 1.807) is 0 Å². The fourth-order valence-electron chi connectivity index (χ4n) is 2.45. The molecule has 0 unspecified atom stereocenters. The topological polar surface area (TPSA) is 78.9 Å². The third kappa shape index (κ3) is 6.23. The Morgan fingerprint density at radius 2 is 2.00 bits per heavy atom. The lowest BCUT2D eigenvalue weighted by atomic mass is 10.2. The second-order valence-electron chi connectivity index (χ2n) is 5.16. The van der Waals surface area contributed by atoms with Crippen LogP contribution in [0.1, 0.15) is 45.4 Å². The third-order valence-corrected chi connectivity index (χ3v) is 3.42. The first-order valence-electron chi connectivity index (χ1n) is 7.49. The van der Waals surface area contributed by atoms with Crippen molar-refractivity contribution >= 4 is 12.0 Å². The largest absolute Gasteiger partial charge is 0.480 e. The first-order chi connectivity index (χ1) is 9.65. The molecule has 0 radical (unpaired) electrons. The summed E-state index contributed by atoms with van der Waals surface area (Å²) in [6, 6.07) is -0.197. The van der Waals surface area contributed by atoms with Crippen LogP contribution in [0.2, 0.25) is 0 Å². The smallest absolute Gasteiger partial charge is 0.323 e. The van der Waals surface area contributed by atoms with Gasteiger partial charge in [0.1, 0.15) is 6.54 Å². The van der Waals surface area contributed by atoms with E-state index in [1.807, 2.05) is 6.92 Å². The van der Waals surface area contributed by atoms with Crippen LogP contribution in [-0.2, 0) is 9.53 Å². The molecule has 0 aromatic rings. The van der Waals surface area contributed by atoms with Gasteiger partial charge in [0, 0.05) is 25.8 Å². The van der Waals surface area contributed by atoms with Crippen LogP contribution >= 0.6 is 0 Å². The molecule has 1 rings (SSSR count). The minimum Gasteiger partial charge on any atom is -0.480 e. The molecule has 0 aromatic heterocycles. The molecule has 2 N–H and O–H groups in total. The maximum absolute atomic E-state index is 12.1. The van der Waals surface area contributed by atoms with E-state index in [0.717, 1.165) is 45.1 Å². The fraction of sp³-hybridized carbons (Fsp3) is 0.857. The van der Waals surface area contributed by atoms with E-state index >= 15 is 0 Å². The highest BCUT2D eigenvalue weighted by Crippen LogP contribution is 2.23. The van der Waals surface area contributed by atoms with Gasteiger partial charge in [0.15, 0.2) is 0 Å². The molecule has 20 heavy (non-hydrogen) atoms. The number of hydrogen-bond donors (Lipinski definition) is 2. The molecule has 0 bridgehead atoms. The van der Waals surface area contributed by atoms with Gasteiger partial charge in [-0.1, -0.05) is 19.8 Å². The molecule has 1 fully saturated rings. The maximum atomic E-state index is 12.1. The predicted octanol–water partition coefficient (Wildman–Crippen LogP) is 1.84. The minimum atomic E-state index is -0.960. The van der Waals surface area contributed by atoms with E-state index in [9.17, 15) is 9.59 Å². The zero-order valence-corrected chi connectivity index (χ0v) is 12.3. The number of carboxylic acids is 1. The molecular formula is C14H26N2O4. The van der Waals surface area contributed by atoms with Crippen LogP contribution in [0.15, 0.2) is 0 Å². The Kier molecular flexibility index (Phi) is 8.02. The standard InChI is InChI=1S/C14H26N2O4/c1-2-9-20-10-5-8-15-14(19)16(11-13(17)18)12-6-3-4-7-12/h12H,2-11H2,1H3,(H,15,19)(H,17,18). The fourth-order valence-corrected chi connectivity index (χ4v) is 2.45. The molecule has 116 valence electrons. The molecule has 6 heteroatoms. The Morgan fingerprint density at radius 1 is 1.30 bits per heavy atom. The Balaban J connectivity index is 2.29. The Hall–Kier alpha value is -1.30. The Morgan fingerprint density at radius 3 is 2.60 bits per heavy atom. The molecule has 1 saturated carbocycles. The van der Waals surface area contributed by atoms with Crippen LogP contribution in [0, 0.1) is 0 Å². The zero-order valence-electron chi connectivity index (χ0n) is 12.3. The van der Waals surface area contributed by atoms with Crippen molar-refractivity contribution in [3.05, 3.63) is 0 Å².